The van der Waals surface area contributed by atoms with E-state index < -0.39 is 0 Å². The molecule has 0 unspecified atom stereocenters. The zero-order valence-electron chi connectivity index (χ0n) is 33.0. The smallest absolute Gasteiger partial charge is 0.178 e. The van der Waals surface area contributed by atoms with E-state index >= 15 is 0 Å². The van der Waals surface area contributed by atoms with Gasteiger partial charge in [-0.05, 0) is 107 Å². The van der Waals surface area contributed by atoms with Crippen molar-refractivity contribution in [2.45, 2.75) is 0 Å². The Morgan fingerprint density at radius 2 is 0.902 bits per heavy atom. The van der Waals surface area contributed by atoms with Crippen LogP contribution in [0.5, 0.6) is 11.5 Å². The number of nitrogens with zero attached hydrogens (tertiary/aromatic N) is 3. The molecule has 9 aromatic carbocycles. The van der Waals surface area contributed by atoms with Crippen LogP contribution < -0.4 is 14.5 Å². The third-order valence-electron chi connectivity index (χ3n) is 11.8. The molecule has 0 saturated heterocycles. The summed E-state index contributed by atoms with van der Waals surface area (Å²) in [7, 11) is 0. The average Bonchev–Trinajstić information content (AvgIpc) is 3.87. The molecule has 0 saturated carbocycles. The first-order valence-corrected chi connectivity index (χ1v) is 20.6. The van der Waals surface area contributed by atoms with Gasteiger partial charge in [-0.1, -0.05) is 133 Å². The molecule has 0 fully saturated rings. The molecule has 1 aliphatic rings. The molecule has 288 valence electrons. The largest absolute Gasteiger partial charge is 0.456 e. The lowest BCUT2D eigenvalue weighted by molar-refractivity contribution is 0.481. The number of para-hydroxylation sites is 5. The molecule has 2 aromatic heterocycles. The lowest BCUT2D eigenvalue weighted by atomic mass is 10.00. The molecule has 0 bridgehead atoms. The number of hydrogen-bond donors (Lipinski definition) is 0. The Balaban J connectivity index is 1.04. The third kappa shape index (κ3) is 5.86. The first kappa shape index (κ1) is 34.7. The Hall–Kier alpha value is -8.28. The number of furan rings is 1. The van der Waals surface area contributed by atoms with Crippen molar-refractivity contribution >= 4 is 67.1 Å². The molecule has 5 nitrogen and oxygen atoms in total. The normalized spacial score (nSPS) is 12.0. The van der Waals surface area contributed by atoms with E-state index in [1.54, 1.807) is 0 Å². The van der Waals surface area contributed by atoms with E-state index in [0.29, 0.717) is 0 Å². The zero-order valence-corrected chi connectivity index (χ0v) is 33.0. The van der Waals surface area contributed by atoms with Gasteiger partial charge in [0.1, 0.15) is 11.2 Å². The topological polar surface area (TPSA) is 33.8 Å². The van der Waals surface area contributed by atoms with Gasteiger partial charge < -0.3 is 14.1 Å². The van der Waals surface area contributed by atoms with Gasteiger partial charge in [0.15, 0.2) is 17.3 Å². The molecule has 12 rings (SSSR count). The first-order valence-electron chi connectivity index (χ1n) is 20.6. The lowest BCUT2D eigenvalue weighted by Crippen LogP contribution is -2.18. The predicted octanol–water partition coefficient (Wildman–Crippen LogP) is 15.9. The Kier molecular flexibility index (Phi) is 8.10. The third-order valence-corrected chi connectivity index (χ3v) is 11.8. The fraction of sp³-hybridized carbons (Fsp3) is 0. The molecule has 3 heterocycles. The molecule has 0 aliphatic carbocycles. The van der Waals surface area contributed by atoms with E-state index in [-0.39, 0.29) is 0 Å². The highest BCUT2D eigenvalue weighted by Gasteiger charge is 2.33. The summed E-state index contributed by atoms with van der Waals surface area (Å²) in [6, 6.07) is 79.0. The summed E-state index contributed by atoms with van der Waals surface area (Å²) in [5.74, 6) is 2.57. The number of fused-ring (bicyclic) bond motifs is 7. The van der Waals surface area contributed by atoms with Crippen LogP contribution in [0, 0.1) is 0 Å². The van der Waals surface area contributed by atoms with Crippen LogP contribution in [0.3, 0.4) is 0 Å². The van der Waals surface area contributed by atoms with E-state index in [9.17, 15) is 0 Å². The maximum atomic E-state index is 6.89. The second-order valence-corrected chi connectivity index (χ2v) is 15.4. The second-order valence-electron chi connectivity index (χ2n) is 15.4. The lowest BCUT2D eigenvalue weighted by Gasteiger charge is -2.32. The van der Waals surface area contributed by atoms with Gasteiger partial charge in [-0.25, -0.2) is 0 Å². The second kappa shape index (κ2) is 14.2. The highest BCUT2D eigenvalue weighted by molar-refractivity contribution is 6.07. The van der Waals surface area contributed by atoms with E-state index in [1.165, 1.54) is 11.1 Å². The maximum Gasteiger partial charge on any atom is 0.178 e. The predicted molar refractivity (Wildman–Crippen MR) is 251 cm³/mol. The molecule has 0 amide bonds. The van der Waals surface area contributed by atoms with Gasteiger partial charge in [0.2, 0.25) is 0 Å². The van der Waals surface area contributed by atoms with Crippen LogP contribution in [0.4, 0.5) is 34.3 Å². The molecule has 0 atom stereocenters. The molecule has 11 aromatic rings. The van der Waals surface area contributed by atoms with Gasteiger partial charge in [0.05, 0.1) is 11.2 Å². The molecule has 5 heteroatoms. The molecule has 0 N–H and O–H groups in total. The first-order chi connectivity index (χ1) is 30.2. The number of benzene rings is 9. The fourth-order valence-electron chi connectivity index (χ4n) is 8.89. The van der Waals surface area contributed by atoms with Crippen LogP contribution >= 0.6 is 0 Å². The standard InChI is InChI=1S/C56H37N3O2/c1-4-14-38(15-5-1)39-24-26-40(27-25-39)41-28-30-44(31-29-41)57(46-32-34-48-47-20-10-12-22-52(47)60-54(48)37-46)45-33-35-49-51(36-45)59(43-18-8-3-9-19-43)56-55(49)61-53-23-13-11-21-50(53)58(56)42-16-6-2-7-17-42/h1-37H. The van der Waals surface area contributed by atoms with Crippen LogP contribution in [0.15, 0.2) is 229 Å². The van der Waals surface area contributed by atoms with Crippen LogP contribution in [-0.2, 0) is 0 Å². The number of hydrogen-bond acceptors (Lipinski definition) is 4. The minimum Gasteiger partial charge on any atom is -0.456 e. The number of aromatic nitrogens is 1. The van der Waals surface area contributed by atoms with E-state index in [2.05, 4.69) is 215 Å². The summed E-state index contributed by atoms with van der Waals surface area (Å²) in [6.45, 7) is 0. The van der Waals surface area contributed by atoms with E-state index in [4.69, 9.17) is 9.15 Å². The highest BCUT2D eigenvalue weighted by Crippen LogP contribution is 2.56. The SMILES string of the molecule is c1ccc(-c2ccc(-c3ccc(N(c4ccc5c(c4)oc4ccccc45)c4ccc5c6c(n(-c7ccccc7)c5c4)N(c4ccccc4)c4ccccc4O6)cc3)cc2)cc1. The van der Waals surface area contributed by atoms with E-state index in [1.807, 2.05) is 24.3 Å². The van der Waals surface area contributed by atoms with Crippen molar-refractivity contribution in [2.75, 3.05) is 9.80 Å². The van der Waals surface area contributed by atoms with Gasteiger partial charge in [-0.2, -0.15) is 0 Å². The molecular formula is C56H37N3O2. The average molecular weight is 784 g/mol. The molecule has 0 radical (unpaired) electrons. The molecule has 1 aliphatic heterocycles. The highest BCUT2D eigenvalue weighted by atomic mass is 16.5. The van der Waals surface area contributed by atoms with Crippen molar-refractivity contribution < 1.29 is 9.15 Å². The Morgan fingerprint density at radius 1 is 0.377 bits per heavy atom. The van der Waals surface area contributed by atoms with Crippen LogP contribution in [0.25, 0.3) is 60.8 Å². The number of rotatable bonds is 7. The van der Waals surface area contributed by atoms with Crippen LogP contribution in [0.2, 0.25) is 0 Å². The monoisotopic (exact) mass is 783 g/mol. The number of anilines is 6. The number of ether oxygens (including phenoxy) is 1. The van der Waals surface area contributed by atoms with Crippen molar-refractivity contribution in [2.24, 2.45) is 0 Å². The zero-order chi connectivity index (χ0) is 40.3. The maximum absolute atomic E-state index is 6.89. The van der Waals surface area contributed by atoms with Crippen LogP contribution in [0.1, 0.15) is 0 Å². The summed E-state index contributed by atoms with van der Waals surface area (Å²) in [5, 5.41) is 3.21. The summed E-state index contributed by atoms with van der Waals surface area (Å²) >= 11 is 0. The fourth-order valence-corrected chi connectivity index (χ4v) is 8.89. The van der Waals surface area contributed by atoms with Gasteiger partial charge in [-0.15, -0.1) is 0 Å². The summed E-state index contributed by atoms with van der Waals surface area (Å²) in [6.07, 6.45) is 0. The van der Waals surface area contributed by atoms with Crippen molar-refractivity contribution in [3.05, 3.63) is 224 Å². The summed E-state index contributed by atoms with van der Waals surface area (Å²) < 4.78 is 15.7. The molecule has 61 heavy (non-hydrogen) atoms. The summed E-state index contributed by atoms with van der Waals surface area (Å²) in [5.41, 5.74) is 13.5. The Labute approximate surface area is 353 Å². The van der Waals surface area contributed by atoms with Crippen molar-refractivity contribution in [3.8, 4) is 39.4 Å². The quantitative estimate of drug-likeness (QED) is 0.161. The van der Waals surface area contributed by atoms with E-state index in [0.717, 1.165) is 95.4 Å². The van der Waals surface area contributed by atoms with Gasteiger partial charge >= 0.3 is 0 Å². The van der Waals surface area contributed by atoms with Crippen molar-refractivity contribution in [3.63, 3.8) is 0 Å². The minimum atomic E-state index is 0.811. The minimum absolute atomic E-state index is 0.811. The Bertz CT molecular complexity index is 3370. The van der Waals surface area contributed by atoms with Gasteiger partial charge in [0, 0.05) is 50.7 Å². The molecule has 0 spiro atoms. The van der Waals surface area contributed by atoms with Crippen molar-refractivity contribution in [1.29, 1.82) is 0 Å². The summed E-state index contributed by atoms with van der Waals surface area (Å²) in [4.78, 5) is 4.64. The van der Waals surface area contributed by atoms with Gasteiger partial charge in [-0.3, -0.25) is 9.47 Å². The molecular weight excluding hydrogens is 747 g/mol. The van der Waals surface area contributed by atoms with Crippen molar-refractivity contribution in [1.82, 2.24) is 4.57 Å². The Morgan fingerprint density at radius 3 is 1.62 bits per heavy atom. The van der Waals surface area contributed by atoms with Crippen LogP contribution in [-0.4, -0.2) is 4.57 Å². The van der Waals surface area contributed by atoms with Gasteiger partial charge in [0.25, 0.3) is 0 Å².